The highest BCUT2D eigenvalue weighted by atomic mass is 32.2. The number of benzene rings is 1. The molecule has 0 unspecified atom stereocenters. The molecule has 1 aromatic carbocycles. The molecule has 2 aliphatic rings. The van der Waals surface area contributed by atoms with Gasteiger partial charge < -0.3 is 15.5 Å². The number of rotatable bonds is 5. The lowest BCUT2D eigenvalue weighted by atomic mass is 10.0. The van der Waals surface area contributed by atoms with Crippen LogP contribution in [0.4, 0.5) is 0 Å². The first-order chi connectivity index (χ1) is 13.0. The minimum absolute atomic E-state index is 0.00663. The third-order valence-corrected chi connectivity index (χ3v) is 7.54. The first kappa shape index (κ1) is 20.2. The number of aryl methyl sites for hydroxylation is 1. The van der Waals surface area contributed by atoms with Gasteiger partial charge in [0.1, 0.15) is 4.87 Å². The number of amides is 2. The van der Waals surface area contributed by atoms with E-state index < -0.39 is 0 Å². The van der Waals surface area contributed by atoms with Crippen molar-refractivity contribution < 1.29 is 14.9 Å². The summed E-state index contributed by atoms with van der Waals surface area (Å²) in [5, 5.41) is 5.36. The van der Waals surface area contributed by atoms with E-state index in [0.29, 0.717) is 0 Å². The fourth-order valence-corrected chi connectivity index (χ4v) is 5.28. The second kappa shape index (κ2) is 8.65. The molecule has 1 spiro atoms. The van der Waals surface area contributed by atoms with Crippen molar-refractivity contribution in [3.63, 3.8) is 0 Å². The molecule has 148 valence electrons. The molecule has 2 aliphatic heterocycles. The van der Waals surface area contributed by atoms with Crippen molar-refractivity contribution in [1.82, 2.24) is 10.2 Å². The molecule has 1 aromatic rings. The zero-order valence-corrected chi connectivity index (χ0v) is 17.5. The maximum Gasteiger partial charge on any atom is 0.279 e. The Labute approximate surface area is 166 Å². The Hall–Kier alpha value is -1.53. The average molecular weight is 391 g/mol. The van der Waals surface area contributed by atoms with E-state index in [1.54, 1.807) is 0 Å². The number of likely N-dealkylation sites (tertiary alicyclic amines) is 1. The number of carbonyl (C=O) groups is 2. The van der Waals surface area contributed by atoms with Crippen LogP contribution >= 0.6 is 11.8 Å². The van der Waals surface area contributed by atoms with Crippen molar-refractivity contribution >= 4 is 23.6 Å². The maximum atomic E-state index is 12.8. The summed E-state index contributed by atoms with van der Waals surface area (Å²) in [7, 11) is 0. The second-order valence-electron chi connectivity index (χ2n) is 7.81. The Morgan fingerprint density at radius 1 is 1.26 bits per heavy atom. The lowest BCUT2D eigenvalue weighted by molar-refractivity contribution is -0.714. The highest BCUT2D eigenvalue weighted by Gasteiger charge is 2.48. The zero-order chi connectivity index (χ0) is 19.4. The van der Waals surface area contributed by atoms with Gasteiger partial charge in [0.05, 0.1) is 5.75 Å². The molecule has 27 heavy (non-hydrogen) atoms. The largest absolute Gasteiger partial charge is 0.348 e. The molecular formula is C21H32N3O2S+. The van der Waals surface area contributed by atoms with Crippen LogP contribution in [0.25, 0.3) is 0 Å². The molecule has 0 aromatic heterocycles. The van der Waals surface area contributed by atoms with E-state index in [4.69, 9.17) is 0 Å². The van der Waals surface area contributed by atoms with Crippen LogP contribution in [0.2, 0.25) is 0 Å². The summed E-state index contributed by atoms with van der Waals surface area (Å²) in [5.41, 5.74) is 2.03. The summed E-state index contributed by atoms with van der Waals surface area (Å²) in [6.45, 7) is 7.78. The van der Waals surface area contributed by atoms with Crippen LogP contribution < -0.4 is 10.6 Å². The van der Waals surface area contributed by atoms with Gasteiger partial charge in [0.2, 0.25) is 0 Å². The van der Waals surface area contributed by atoms with Crippen LogP contribution in [-0.2, 0) is 11.2 Å². The third-order valence-electron chi connectivity index (χ3n) is 5.90. The molecule has 0 bridgehead atoms. The van der Waals surface area contributed by atoms with Crippen molar-refractivity contribution in [2.24, 2.45) is 0 Å². The second-order valence-corrected chi connectivity index (χ2v) is 9.24. The maximum absolute atomic E-state index is 12.8. The fourth-order valence-electron chi connectivity index (χ4n) is 3.79. The number of thioether (sulfide) groups is 1. The van der Waals surface area contributed by atoms with Gasteiger partial charge in [-0.3, -0.25) is 9.59 Å². The van der Waals surface area contributed by atoms with Gasteiger partial charge in [0, 0.05) is 37.5 Å². The topological polar surface area (TPSA) is 66.0 Å². The normalized spacial score (nSPS) is 22.6. The highest BCUT2D eigenvalue weighted by molar-refractivity contribution is 8.00. The summed E-state index contributed by atoms with van der Waals surface area (Å²) in [6.07, 6.45) is 3.81. The number of nitrogens with one attached hydrogen (secondary N) is 1. The van der Waals surface area contributed by atoms with Gasteiger partial charge in [0.25, 0.3) is 11.8 Å². The van der Waals surface area contributed by atoms with E-state index in [-0.39, 0.29) is 28.8 Å². The lowest BCUT2D eigenvalue weighted by Gasteiger charge is -2.36. The van der Waals surface area contributed by atoms with Crippen LogP contribution in [0.5, 0.6) is 0 Å². The molecule has 3 N–H and O–H groups in total. The predicted molar refractivity (Wildman–Crippen MR) is 110 cm³/mol. The number of quaternary nitrogens is 1. The molecule has 5 nitrogen and oxygen atoms in total. The first-order valence-corrected chi connectivity index (χ1v) is 11.1. The van der Waals surface area contributed by atoms with Crippen molar-refractivity contribution in [2.45, 2.75) is 63.4 Å². The van der Waals surface area contributed by atoms with E-state index in [1.807, 2.05) is 47.9 Å². The van der Waals surface area contributed by atoms with E-state index in [0.717, 1.165) is 50.1 Å². The average Bonchev–Trinajstić information content (AvgIpc) is 3.11. The Morgan fingerprint density at radius 2 is 1.93 bits per heavy atom. The van der Waals surface area contributed by atoms with E-state index in [2.05, 4.69) is 24.5 Å². The van der Waals surface area contributed by atoms with Gasteiger partial charge in [-0.15, -0.1) is 0 Å². The van der Waals surface area contributed by atoms with Crippen LogP contribution in [0, 0.1) is 0 Å². The monoisotopic (exact) mass is 390 g/mol. The Bertz CT molecular complexity index is 669. The van der Waals surface area contributed by atoms with Crippen molar-refractivity contribution in [2.75, 3.05) is 18.8 Å². The first-order valence-electron chi connectivity index (χ1n) is 10.1. The van der Waals surface area contributed by atoms with Gasteiger partial charge >= 0.3 is 0 Å². The number of nitrogens with two attached hydrogens (primary N) is 1. The molecule has 2 fully saturated rings. The number of piperidine rings is 1. The Balaban J connectivity index is 1.54. The Kier molecular flexibility index (Phi) is 6.48. The van der Waals surface area contributed by atoms with Gasteiger partial charge in [-0.25, -0.2) is 0 Å². The molecule has 0 aliphatic carbocycles. The zero-order valence-electron chi connectivity index (χ0n) is 16.7. The minimum atomic E-state index is -0.00663. The summed E-state index contributed by atoms with van der Waals surface area (Å²) in [6, 6.07) is 8.19. The van der Waals surface area contributed by atoms with Crippen LogP contribution in [0.15, 0.2) is 24.3 Å². The predicted octanol–water partition coefficient (Wildman–Crippen LogP) is 1.77. The number of carbonyl (C=O) groups excluding carboxylic acids is 2. The summed E-state index contributed by atoms with van der Waals surface area (Å²) >= 11 is 1.90. The SMILES string of the molecule is CCc1ccc(C(=O)N2CCC3(CC2)[NH2+][C@H](C(=O)N[C@@H](C)CC)CS3)cc1. The Morgan fingerprint density at radius 3 is 2.52 bits per heavy atom. The molecular weight excluding hydrogens is 358 g/mol. The van der Waals surface area contributed by atoms with Crippen molar-refractivity contribution in [1.29, 1.82) is 0 Å². The molecule has 2 atom stereocenters. The third kappa shape index (κ3) is 4.66. The van der Waals surface area contributed by atoms with E-state index in [1.165, 1.54) is 5.56 Å². The van der Waals surface area contributed by atoms with E-state index >= 15 is 0 Å². The van der Waals surface area contributed by atoms with Crippen molar-refractivity contribution in [3.8, 4) is 0 Å². The molecule has 0 radical (unpaired) electrons. The quantitative estimate of drug-likeness (QED) is 0.805. The standard InChI is InChI=1S/C21H31N3O2S/c1-4-15(3)22-19(25)18-14-27-21(23-18)10-12-24(13-11-21)20(26)17-8-6-16(5-2)7-9-17/h6-9,15,18,23H,4-5,10-14H2,1-3H3,(H,22,25)/p+1/t15-,18-/m0/s1. The minimum Gasteiger partial charge on any atom is -0.348 e. The lowest BCUT2D eigenvalue weighted by Crippen LogP contribution is -3.00. The number of hydrogen-bond donors (Lipinski definition) is 2. The van der Waals surface area contributed by atoms with Gasteiger partial charge in [-0.05, 0) is 37.5 Å². The molecule has 2 saturated heterocycles. The smallest absolute Gasteiger partial charge is 0.279 e. The van der Waals surface area contributed by atoms with Crippen LogP contribution in [0.1, 0.15) is 56.0 Å². The highest BCUT2D eigenvalue weighted by Crippen LogP contribution is 2.34. The summed E-state index contributed by atoms with van der Waals surface area (Å²) < 4.78 is 0. The van der Waals surface area contributed by atoms with Crippen molar-refractivity contribution in [3.05, 3.63) is 35.4 Å². The van der Waals surface area contributed by atoms with Crippen LogP contribution in [0.3, 0.4) is 0 Å². The van der Waals surface area contributed by atoms with Gasteiger partial charge in [0.15, 0.2) is 6.04 Å². The molecule has 6 heteroatoms. The molecule has 2 heterocycles. The number of hydrogen-bond acceptors (Lipinski definition) is 3. The van der Waals surface area contributed by atoms with Gasteiger partial charge in [-0.1, -0.05) is 37.7 Å². The molecule has 2 amide bonds. The molecule has 3 rings (SSSR count). The van der Waals surface area contributed by atoms with Gasteiger partial charge in [-0.2, -0.15) is 0 Å². The summed E-state index contributed by atoms with van der Waals surface area (Å²) in [5.74, 6) is 1.14. The number of nitrogens with zero attached hydrogens (tertiary/aromatic N) is 1. The molecule has 0 saturated carbocycles. The van der Waals surface area contributed by atoms with E-state index in [9.17, 15) is 9.59 Å². The van der Waals surface area contributed by atoms with Crippen LogP contribution in [-0.4, -0.2) is 52.5 Å². The summed E-state index contributed by atoms with van der Waals surface area (Å²) in [4.78, 5) is 27.2. The fraction of sp³-hybridized carbons (Fsp3) is 0.619.